The van der Waals surface area contributed by atoms with Crippen LogP contribution in [0.15, 0.2) is 39.9 Å². The molecule has 1 aliphatic heterocycles. The number of unbranched alkanes of at least 4 members (excludes halogenated alkanes) is 2. The van der Waals surface area contributed by atoms with E-state index in [1.54, 1.807) is 26.8 Å². The lowest BCUT2D eigenvalue weighted by Gasteiger charge is -2.25. The van der Waals surface area contributed by atoms with Crippen LogP contribution in [0, 0.1) is 0 Å². The van der Waals surface area contributed by atoms with Crippen LogP contribution >= 0.6 is 0 Å². The Morgan fingerprint density at radius 2 is 2.02 bits per heavy atom. The summed E-state index contributed by atoms with van der Waals surface area (Å²) in [6, 6.07) is 2.80. The summed E-state index contributed by atoms with van der Waals surface area (Å²) in [4.78, 5) is 33.2. The molecule has 14 heteroatoms. The van der Waals surface area contributed by atoms with E-state index in [0.717, 1.165) is 25.3 Å². The zero-order valence-electron chi connectivity index (χ0n) is 23.3. The molecule has 1 fully saturated rings. The van der Waals surface area contributed by atoms with Gasteiger partial charge in [-0.1, -0.05) is 37.1 Å². The van der Waals surface area contributed by atoms with Crippen molar-refractivity contribution in [1.82, 2.24) is 20.4 Å². The predicted molar refractivity (Wildman–Crippen MR) is 142 cm³/mol. The first kappa shape index (κ1) is 31.4. The van der Waals surface area contributed by atoms with Crippen molar-refractivity contribution in [3.05, 3.63) is 41.8 Å². The number of aliphatic imine (C=N–C) groups is 1. The summed E-state index contributed by atoms with van der Waals surface area (Å²) in [5.74, 6) is -0.693. The van der Waals surface area contributed by atoms with Gasteiger partial charge in [0.05, 0.1) is 5.56 Å². The van der Waals surface area contributed by atoms with Crippen LogP contribution in [0.1, 0.15) is 77.3 Å². The largest absolute Gasteiger partial charge is 0.489 e. The quantitative estimate of drug-likeness (QED) is 0.153. The molecule has 0 saturated carbocycles. The zero-order valence-corrected chi connectivity index (χ0v) is 23.3. The van der Waals surface area contributed by atoms with Crippen LogP contribution in [-0.2, 0) is 10.9 Å². The Morgan fingerprint density at radius 3 is 2.68 bits per heavy atom. The van der Waals surface area contributed by atoms with Crippen LogP contribution in [0.4, 0.5) is 22.8 Å². The Morgan fingerprint density at radius 1 is 1.27 bits per heavy atom. The second kappa shape index (κ2) is 13.5. The molecule has 0 bridgehead atoms. The minimum Gasteiger partial charge on any atom is -0.489 e. The monoisotopic (exact) mass is 581 g/mol. The summed E-state index contributed by atoms with van der Waals surface area (Å²) in [5, 5.41) is 15.2. The maximum Gasteiger partial charge on any atom is 0.437 e. The van der Waals surface area contributed by atoms with Crippen LogP contribution < -0.4 is 10.1 Å². The van der Waals surface area contributed by atoms with Gasteiger partial charge in [-0.05, 0) is 58.2 Å². The van der Waals surface area contributed by atoms with Gasteiger partial charge in [-0.2, -0.15) is 18.2 Å². The van der Waals surface area contributed by atoms with Crippen molar-refractivity contribution in [2.45, 2.75) is 77.6 Å². The van der Waals surface area contributed by atoms with Gasteiger partial charge in [-0.3, -0.25) is 5.32 Å². The number of guanidine groups is 1. The van der Waals surface area contributed by atoms with Crippen LogP contribution in [0.2, 0.25) is 0 Å². The summed E-state index contributed by atoms with van der Waals surface area (Å²) in [7, 11) is 0. The van der Waals surface area contributed by atoms with E-state index in [9.17, 15) is 27.9 Å². The van der Waals surface area contributed by atoms with E-state index in [-0.39, 0.29) is 35.6 Å². The number of carbonyl (C=O) groups excluding carboxylic acids is 1. The van der Waals surface area contributed by atoms with Crippen molar-refractivity contribution >= 4 is 18.1 Å². The molecule has 0 aliphatic carbocycles. The molecule has 0 spiro atoms. The number of likely N-dealkylation sites (tertiary alicyclic amines) is 1. The molecule has 2 aromatic rings. The molecule has 1 saturated heterocycles. The molecular weight excluding hydrogens is 547 g/mol. The number of amides is 2. The fourth-order valence-corrected chi connectivity index (χ4v) is 4.06. The molecule has 11 nitrogen and oxygen atoms in total. The average Bonchev–Trinajstić information content (AvgIpc) is 3.53. The molecule has 1 aliphatic rings. The molecule has 1 unspecified atom stereocenters. The van der Waals surface area contributed by atoms with Gasteiger partial charge < -0.3 is 24.0 Å². The molecule has 3 rings (SSSR count). The number of ether oxygens (including phenoxy) is 2. The van der Waals surface area contributed by atoms with Crippen LogP contribution in [0.25, 0.3) is 11.4 Å². The minimum atomic E-state index is -4.69. The van der Waals surface area contributed by atoms with E-state index >= 15 is 0 Å². The average molecular weight is 582 g/mol. The van der Waals surface area contributed by atoms with Gasteiger partial charge in [0.15, 0.2) is 0 Å². The Bertz CT molecular complexity index is 1270. The zero-order chi connectivity index (χ0) is 30.2. The first-order chi connectivity index (χ1) is 19.3. The summed E-state index contributed by atoms with van der Waals surface area (Å²) >= 11 is 0. The minimum absolute atomic E-state index is 0.00637. The highest BCUT2D eigenvalue weighted by molar-refractivity contribution is 5.98. The summed E-state index contributed by atoms with van der Waals surface area (Å²) in [6.07, 6.45) is 0.220. The standard InChI is InChI=1S/C27H34F3N5O6/c1-5-6-7-8-9-15-39-20-13-12-17(16-18(20)27(28,29)30)21-31-22(41-34-21)19-11-10-14-35(19)23(32-24(36)37)33-25(38)40-26(2,3)4/h8-9,12-13,16,19H,5-7,10-11,14-15H2,1-4H3,(H,36,37)(H,32,33,38)/b9-8+. The molecule has 0 radical (unpaired) electrons. The predicted octanol–water partition coefficient (Wildman–Crippen LogP) is 6.58. The van der Waals surface area contributed by atoms with Crippen molar-refractivity contribution in [2.24, 2.45) is 4.99 Å². The molecule has 1 atom stereocenters. The van der Waals surface area contributed by atoms with E-state index in [4.69, 9.17) is 14.0 Å². The molecule has 2 N–H and O–H groups in total. The maximum atomic E-state index is 13.8. The normalized spacial score (nSPS) is 16.3. The molecule has 1 aromatic carbocycles. The number of hydrogen-bond acceptors (Lipinski definition) is 7. The van der Waals surface area contributed by atoms with Gasteiger partial charge in [-0.25, -0.2) is 9.59 Å². The Balaban J connectivity index is 1.84. The molecule has 224 valence electrons. The van der Waals surface area contributed by atoms with E-state index < -0.39 is 35.6 Å². The lowest BCUT2D eigenvalue weighted by Crippen LogP contribution is -2.44. The number of halogens is 3. The van der Waals surface area contributed by atoms with Crippen molar-refractivity contribution in [3.63, 3.8) is 0 Å². The molecule has 2 amide bonds. The van der Waals surface area contributed by atoms with E-state index in [1.165, 1.54) is 17.0 Å². The number of aromatic nitrogens is 2. The lowest BCUT2D eigenvalue weighted by atomic mass is 10.1. The van der Waals surface area contributed by atoms with Gasteiger partial charge in [0.25, 0.3) is 0 Å². The van der Waals surface area contributed by atoms with Crippen molar-refractivity contribution < 1.29 is 41.9 Å². The Hall–Kier alpha value is -4.10. The fourth-order valence-electron chi connectivity index (χ4n) is 4.06. The molecule has 2 heterocycles. The third-order valence-corrected chi connectivity index (χ3v) is 5.83. The molecular formula is C27H34F3N5O6. The lowest BCUT2D eigenvalue weighted by molar-refractivity contribution is -0.138. The second-order valence-electron chi connectivity index (χ2n) is 10.3. The van der Waals surface area contributed by atoms with Crippen LogP contribution in [-0.4, -0.2) is 57.0 Å². The van der Waals surface area contributed by atoms with Gasteiger partial charge in [-0.15, -0.1) is 4.99 Å². The molecule has 41 heavy (non-hydrogen) atoms. The summed E-state index contributed by atoms with van der Waals surface area (Å²) < 4.78 is 57.4. The number of nitrogens with one attached hydrogen (secondary N) is 1. The van der Waals surface area contributed by atoms with E-state index in [1.807, 2.05) is 13.0 Å². The number of rotatable bonds is 8. The van der Waals surface area contributed by atoms with Crippen molar-refractivity contribution in [1.29, 1.82) is 0 Å². The number of hydrogen-bond donors (Lipinski definition) is 2. The van der Waals surface area contributed by atoms with Gasteiger partial charge >= 0.3 is 18.4 Å². The smallest absolute Gasteiger partial charge is 0.437 e. The highest BCUT2D eigenvalue weighted by Gasteiger charge is 2.37. The number of nitrogens with zero attached hydrogens (tertiary/aromatic N) is 4. The number of benzene rings is 1. The van der Waals surface area contributed by atoms with Crippen molar-refractivity contribution in [2.75, 3.05) is 13.2 Å². The van der Waals surface area contributed by atoms with Crippen LogP contribution in [0.5, 0.6) is 5.75 Å². The van der Waals surface area contributed by atoms with Gasteiger partial charge in [0, 0.05) is 12.1 Å². The van der Waals surface area contributed by atoms with Crippen molar-refractivity contribution in [3.8, 4) is 17.1 Å². The number of allylic oxidation sites excluding steroid dienone is 1. The van der Waals surface area contributed by atoms with Crippen LogP contribution in [0.3, 0.4) is 0 Å². The third kappa shape index (κ3) is 9.22. The van der Waals surface area contributed by atoms with Gasteiger partial charge in [0.2, 0.25) is 17.7 Å². The second-order valence-corrected chi connectivity index (χ2v) is 10.3. The summed E-state index contributed by atoms with van der Waals surface area (Å²) in [6.45, 7) is 7.25. The molecule has 1 aromatic heterocycles. The first-order valence-corrected chi connectivity index (χ1v) is 13.2. The SMILES string of the molecule is CCCC/C=C/COc1ccc(-c2noc(C3CCCN3C(=NC(=O)OC(C)(C)C)NC(=O)O)n2)cc1C(F)(F)F. The number of carboxylic acid groups (broad SMARTS) is 1. The third-order valence-electron chi connectivity index (χ3n) is 5.83. The Kier molecular flexibility index (Phi) is 10.4. The first-order valence-electron chi connectivity index (χ1n) is 13.2. The van der Waals surface area contributed by atoms with Gasteiger partial charge in [0.1, 0.15) is 24.0 Å². The highest BCUT2D eigenvalue weighted by atomic mass is 19.4. The summed E-state index contributed by atoms with van der Waals surface area (Å²) in [5.41, 5.74) is -1.79. The Labute approximate surface area is 235 Å². The van der Waals surface area contributed by atoms with E-state index in [0.29, 0.717) is 19.4 Å². The maximum absolute atomic E-state index is 13.8. The topological polar surface area (TPSA) is 139 Å². The number of carbonyl (C=O) groups is 2. The highest BCUT2D eigenvalue weighted by Crippen LogP contribution is 2.39. The number of alkyl halides is 3. The van der Waals surface area contributed by atoms with E-state index in [2.05, 4.69) is 20.4 Å². The fraction of sp³-hybridized carbons (Fsp3) is 0.519.